The van der Waals surface area contributed by atoms with E-state index in [2.05, 4.69) is 25.8 Å². The summed E-state index contributed by atoms with van der Waals surface area (Å²) in [5, 5.41) is 10.2. The zero-order chi connectivity index (χ0) is 18.8. The van der Waals surface area contributed by atoms with Gasteiger partial charge in [0.1, 0.15) is 17.7 Å². The Morgan fingerprint density at radius 1 is 1.37 bits per heavy atom. The number of hydrogen-bond donors (Lipinski definition) is 2. The van der Waals surface area contributed by atoms with Gasteiger partial charge in [-0.3, -0.25) is 0 Å². The molecule has 2 aromatic rings. The summed E-state index contributed by atoms with van der Waals surface area (Å²) in [7, 11) is 0. The van der Waals surface area contributed by atoms with E-state index in [1.807, 2.05) is 13.8 Å². The zero-order valence-electron chi connectivity index (χ0n) is 15.9. The van der Waals surface area contributed by atoms with Crippen molar-refractivity contribution < 1.29 is 13.7 Å². The van der Waals surface area contributed by atoms with E-state index in [0.29, 0.717) is 36.4 Å². The number of rotatable bonds is 9. The van der Waals surface area contributed by atoms with Crippen LogP contribution in [0.5, 0.6) is 5.75 Å². The molecule has 1 aromatic heterocycles. The molecule has 27 heavy (non-hydrogen) atoms. The van der Waals surface area contributed by atoms with Crippen LogP contribution in [0, 0.1) is 12.7 Å². The Bertz CT molecular complexity index is 711. The van der Waals surface area contributed by atoms with Crippen LogP contribution in [0.4, 0.5) is 4.39 Å². The SMILES string of the molecule is CCNC(=NCC(C)Oc1cccc(F)c1)NCCCc1nc(C)no1.I. The molecule has 0 amide bonds. The minimum atomic E-state index is -0.315. The van der Waals surface area contributed by atoms with Crippen LogP contribution in [0.25, 0.3) is 0 Å². The van der Waals surface area contributed by atoms with Gasteiger partial charge in [0.15, 0.2) is 11.8 Å². The van der Waals surface area contributed by atoms with E-state index in [4.69, 9.17) is 9.26 Å². The predicted octanol–water partition coefficient (Wildman–Crippen LogP) is 3.09. The maximum absolute atomic E-state index is 13.2. The normalized spacial score (nSPS) is 12.2. The van der Waals surface area contributed by atoms with Gasteiger partial charge in [0, 0.05) is 25.6 Å². The molecular weight excluding hydrogens is 464 g/mol. The van der Waals surface area contributed by atoms with E-state index in [0.717, 1.165) is 19.5 Å². The number of aliphatic imine (C=N–C) groups is 1. The molecule has 0 saturated heterocycles. The van der Waals surface area contributed by atoms with Gasteiger partial charge in [0.25, 0.3) is 0 Å². The Hall–Kier alpha value is -1.91. The van der Waals surface area contributed by atoms with Gasteiger partial charge in [0.2, 0.25) is 5.89 Å². The molecule has 0 saturated carbocycles. The summed E-state index contributed by atoms with van der Waals surface area (Å²) >= 11 is 0. The number of benzene rings is 1. The molecule has 0 radical (unpaired) electrons. The lowest BCUT2D eigenvalue weighted by Gasteiger charge is -2.15. The second-order valence-corrected chi connectivity index (χ2v) is 5.87. The van der Waals surface area contributed by atoms with Gasteiger partial charge in [-0.1, -0.05) is 11.2 Å². The second-order valence-electron chi connectivity index (χ2n) is 5.87. The fourth-order valence-electron chi connectivity index (χ4n) is 2.26. The van der Waals surface area contributed by atoms with Gasteiger partial charge in [-0.05, 0) is 39.3 Å². The van der Waals surface area contributed by atoms with Crippen molar-refractivity contribution >= 4 is 29.9 Å². The van der Waals surface area contributed by atoms with Crippen LogP contribution in [0.2, 0.25) is 0 Å². The van der Waals surface area contributed by atoms with Crippen LogP contribution >= 0.6 is 24.0 Å². The number of halogens is 2. The number of nitrogens with zero attached hydrogens (tertiary/aromatic N) is 3. The van der Waals surface area contributed by atoms with E-state index in [9.17, 15) is 4.39 Å². The quantitative estimate of drug-likeness (QED) is 0.243. The third kappa shape index (κ3) is 9.03. The minimum absolute atomic E-state index is 0. The largest absolute Gasteiger partial charge is 0.489 e. The molecular formula is C18H27FIN5O2. The minimum Gasteiger partial charge on any atom is -0.489 e. The van der Waals surface area contributed by atoms with Crippen molar-refractivity contribution in [2.24, 2.45) is 4.99 Å². The number of guanidine groups is 1. The van der Waals surface area contributed by atoms with Crippen molar-refractivity contribution in [1.29, 1.82) is 0 Å². The van der Waals surface area contributed by atoms with E-state index >= 15 is 0 Å². The third-order valence-corrected chi connectivity index (χ3v) is 3.41. The molecule has 2 N–H and O–H groups in total. The van der Waals surface area contributed by atoms with Gasteiger partial charge < -0.3 is 19.9 Å². The number of nitrogens with one attached hydrogen (secondary N) is 2. The second kappa shape index (κ2) is 12.5. The maximum Gasteiger partial charge on any atom is 0.226 e. The van der Waals surface area contributed by atoms with Gasteiger partial charge in [0.05, 0.1) is 6.54 Å². The van der Waals surface area contributed by atoms with Crippen LogP contribution in [0.3, 0.4) is 0 Å². The summed E-state index contributed by atoms with van der Waals surface area (Å²) in [4.78, 5) is 8.68. The molecule has 1 aromatic carbocycles. The monoisotopic (exact) mass is 491 g/mol. The molecule has 0 aliphatic rings. The van der Waals surface area contributed by atoms with Crippen molar-refractivity contribution in [3.63, 3.8) is 0 Å². The molecule has 0 spiro atoms. The maximum atomic E-state index is 13.2. The van der Waals surface area contributed by atoms with Crippen LogP contribution in [0.15, 0.2) is 33.8 Å². The van der Waals surface area contributed by atoms with Crippen LogP contribution < -0.4 is 15.4 Å². The van der Waals surface area contributed by atoms with Crippen molar-refractivity contribution in [2.75, 3.05) is 19.6 Å². The Kier molecular flexibility index (Phi) is 10.7. The molecule has 0 aliphatic heterocycles. The Morgan fingerprint density at radius 2 is 2.19 bits per heavy atom. The summed E-state index contributed by atoms with van der Waals surface area (Å²) in [5.41, 5.74) is 0. The molecule has 1 atom stereocenters. The number of hydrogen-bond acceptors (Lipinski definition) is 5. The molecule has 0 fully saturated rings. The van der Waals surface area contributed by atoms with E-state index in [1.54, 1.807) is 19.1 Å². The first-order valence-corrected chi connectivity index (χ1v) is 8.80. The first kappa shape index (κ1) is 23.1. The lowest BCUT2D eigenvalue weighted by Crippen LogP contribution is -2.38. The number of ether oxygens (including phenoxy) is 1. The van der Waals surface area contributed by atoms with Crippen molar-refractivity contribution in [3.05, 3.63) is 41.8 Å². The van der Waals surface area contributed by atoms with Crippen molar-refractivity contribution in [1.82, 2.24) is 20.8 Å². The molecule has 9 heteroatoms. The first-order chi connectivity index (χ1) is 12.6. The highest BCUT2D eigenvalue weighted by Crippen LogP contribution is 2.13. The zero-order valence-corrected chi connectivity index (χ0v) is 18.2. The molecule has 0 bridgehead atoms. The molecule has 7 nitrogen and oxygen atoms in total. The average Bonchev–Trinajstić information content (AvgIpc) is 3.01. The molecule has 1 heterocycles. The predicted molar refractivity (Wildman–Crippen MR) is 113 cm³/mol. The van der Waals surface area contributed by atoms with Gasteiger partial charge in [-0.15, -0.1) is 24.0 Å². The summed E-state index contributed by atoms with van der Waals surface area (Å²) in [5.74, 6) is 2.19. The fourth-order valence-corrected chi connectivity index (χ4v) is 2.26. The topological polar surface area (TPSA) is 84.6 Å². The molecule has 150 valence electrons. The highest BCUT2D eigenvalue weighted by atomic mass is 127. The molecule has 1 unspecified atom stereocenters. The van der Waals surface area contributed by atoms with Crippen LogP contribution in [-0.2, 0) is 6.42 Å². The van der Waals surface area contributed by atoms with Gasteiger partial charge in [-0.2, -0.15) is 4.98 Å². The lowest BCUT2D eigenvalue weighted by atomic mass is 10.3. The Morgan fingerprint density at radius 3 is 2.85 bits per heavy atom. The standard InChI is InChI=1S/C18H26FN5O2.HI/c1-4-20-18(21-10-6-9-17-23-14(3)24-26-17)22-12-13(2)25-16-8-5-7-15(19)11-16;/h5,7-8,11,13H,4,6,9-10,12H2,1-3H3,(H2,20,21,22);1H. The molecule has 0 aliphatic carbocycles. The smallest absolute Gasteiger partial charge is 0.226 e. The number of aromatic nitrogens is 2. The van der Waals surface area contributed by atoms with Crippen LogP contribution in [-0.4, -0.2) is 41.8 Å². The Balaban J connectivity index is 0.00000364. The van der Waals surface area contributed by atoms with Crippen LogP contribution in [0.1, 0.15) is 32.0 Å². The summed E-state index contributed by atoms with van der Waals surface area (Å²) < 4.78 is 24.0. The summed E-state index contributed by atoms with van der Waals surface area (Å²) in [6, 6.07) is 6.10. The third-order valence-electron chi connectivity index (χ3n) is 3.41. The first-order valence-electron chi connectivity index (χ1n) is 8.80. The van der Waals surface area contributed by atoms with E-state index < -0.39 is 0 Å². The highest BCUT2D eigenvalue weighted by molar-refractivity contribution is 14.0. The average molecular weight is 491 g/mol. The highest BCUT2D eigenvalue weighted by Gasteiger charge is 2.06. The Labute approximate surface area is 176 Å². The van der Waals surface area contributed by atoms with Crippen molar-refractivity contribution in [2.45, 2.75) is 39.7 Å². The van der Waals surface area contributed by atoms with Crippen molar-refractivity contribution in [3.8, 4) is 5.75 Å². The fraction of sp³-hybridized carbons (Fsp3) is 0.500. The lowest BCUT2D eigenvalue weighted by molar-refractivity contribution is 0.229. The summed E-state index contributed by atoms with van der Waals surface area (Å²) in [6.07, 6.45) is 1.39. The molecule has 2 rings (SSSR count). The number of aryl methyl sites for hydroxylation is 2. The van der Waals surface area contributed by atoms with E-state index in [-0.39, 0.29) is 35.9 Å². The van der Waals surface area contributed by atoms with E-state index in [1.165, 1.54) is 12.1 Å². The summed E-state index contributed by atoms with van der Waals surface area (Å²) in [6.45, 7) is 7.64. The van der Waals surface area contributed by atoms with Gasteiger partial charge >= 0.3 is 0 Å². The van der Waals surface area contributed by atoms with Gasteiger partial charge in [-0.25, -0.2) is 9.38 Å².